The molecular weight excluding hydrogens is 288 g/mol. The van der Waals surface area contributed by atoms with E-state index in [0.717, 1.165) is 29.6 Å². The van der Waals surface area contributed by atoms with Gasteiger partial charge < -0.3 is 0 Å². The Kier molecular flexibility index (Phi) is 3.87. The van der Waals surface area contributed by atoms with Crippen molar-refractivity contribution in [2.75, 3.05) is 0 Å². The molecule has 0 spiro atoms. The lowest BCUT2D eigenvalue weighted by Crippen LogP contribution is -2.22. The summed E-state index contributed by atoms with van der Waals surface area (Å²) in [5.74, 6) is 4.40. The number of hydrogen-bond acceptors (Lipinski definition) is 0. The van der Waals surface area contributed by atoms with Gasteiger partial charge in [0, 0.05) is 5.92 Å². The van der Waals surface area contributed by atoms with Crippen LogP contribution in [0.15, 0.2) is 54.6 Å². The van der Waals surface area contributed by atoms with Crippen molar-refractivity contribution in [1.29, 1.82) is 0 Å². The second-order valence-corrected chi connectivity index (χ2v) is 8.09. The van der Waals surface area contributed by atoms with Gasteiger partial charge in [-0.2, -0.15) is 0 Å². The fourth-order valence-corrected chi connectivity index (χ4v) is 5.40. The van der Waals surface area contributed by atoms with E-state index in [2.05, 4.69) is 88.4 Å². The van der Waals surface area contributed by atoms with Crippen LogP contribution in [0, 0.1) is 29.6 Å². The van der Waals surface area contributed by atoms with Gasteiger partial charge in [-0.3, -0.25) is 0 Å². The van der Waals surface area contributed by atoms with Crippen LogP contribution < -0.4 is 0 Å². The minimum absolute atomic E-state index is 0.543. The van der Waals surface area contributed by atoms with Gasteiger partial charge in [-0.15, -0.1) is 0 Å². The number of hydrogen-bond donors (Lipinski definition) is 0. The highest BCUT2D eigenvalue weighted by molar-refractivity contribution is 5.91. The molecule has 124 valence electrons. The molecule has 0 bridgehead atoms. The second kappa shape index (κ2) is 5.92. The average molecular weight is 316 g/mol. The fourth-order valence-electron chi connectivity index (χ4n) is 5.40. The summed E-state index contributed by atoms with van der Waals surface area (Å²) in [5, 5.41) is 0. The van der Waals surface area contributed by atoms with Crippen LogP contribution in [0.3, 0.4) is 0 Å². The SMILES string of the molecule is CC1C(C)C(C)C(C2C(c3ccccc3)=Cc3ccccc32)C1C. The predicted molar refractivity (Wildman–Crippen MR) is 104 cm³/mol. The highest BCUT2D eigenvalue weighted by atomic mass is 14.5. The Labute approximate surface area is 146 Å². The molecule has 1 fully saturated rings. The Morgan fingerprint density at radius 2 is 1.21 bits per heavy atom. The van der Waals surface area contributed by atoms with E-state index in [1.165, 1.54) is 16.7 Å². The monoisotopic (exact) mass is 316 g/mol. The summed E-state index contributed by atoms with van der Waals surface area (Å²) in [6.07, 6.45) is 2.45. The van der Waals surface area contributed by atoms with Gasteiger partial charge in [0.15, 0.2) is 0 Å². The predicted octanol–water partition coefficient (Wildman–Crippen LogP) is 6.50. The largest absolute Gasteiger partial charge is 0.0622 e. The molecule has 1 saturated carbocycles. The maximum absolute atomic E-state index is 2.48. The molecule has 0 heterocycles. The van der Waals surface area contributed by atoms with Crippen molar-refractivity contribution in [1.82, 2.24) is 0 Å². The van der Waals surface area contributed by atoms with Crippen molar-refractivity contribution in [2.24, 2.45) is 29.6 Å². The normalized spacial score (nSPS) is 34.9. The highest BCUT2D eigenvalue weighted by Gasteiger charge is 2.47. The zero-order valence-electron chi connectivity index (χ0n) is 15.2. The quantitative estimate of drug-likeness (QED) is 0.593. The van der Waals surface area contributed by atoms with Gasteiger partial charge in [-0.1, -0.05) is 88.4 Å². The Balaban J connectivity index is 1.83. The van der Waals surface area contributed by atoms with Gasteiger partial charge in [-0.05, 0) is 51.9 Å². The van der Waals surface area contributed by atoms with Gasteiger partial charge in [0.2, 0.25) is 0 Å². The summed E-state index contributed by atoms with van der Waals surface area (Å²) in [5.41, 5.74) is 5.89. The Hall–Kier alpha value is -1.82. The van der Waals surface area contributed by atoms with Crippen LogP contribution in [0.25, 0.3) is 11.6 Å². The molecule has 2 aliphatic carbocycles. The van der Waals surface area contributed by atoms with E-state index in [-0.39, 0.29) is 0 Å². The Morgan fingerprint density at radius 3 is 1.88 bits per heavy atom. The third kappa shape index (κ3) is 2.27. The molecule has 0 saturated heterocycles. The van der Waals surface area contributed by atoms with Crippen molar-refractivity contribution in [3.63, 3.8) is 0 Å². The van der Waals surface area contributed by atoms with Crippen LogP contribution in [0.1, 0.15) is 50.3 Å². The number of allylic oxidation sites excluding steroid dienone is 1. The van der Waals surface area contributed by atoms with Gasteiger partial charge in [-0.25, -0.2) is 0 Å². The molecule has 0 radical (unpaired) electrons. The third-order valence-corrected chi connectivity index (χ3v) is 7.17. The lowest BCUT2D eigenvalue weighted by atomic mass is 9.72. The van der Waals surface area contributed by atoms with Crippen molar-refractivity contribution in [3.05, 3.63) is 71.3 Å². The van der Waals surface area contributed by atoms with E-state index < -0.39 is 0 Å². The van der Waals surface area contributed by atoms with E-state index in [0.29, 0.717) is 5.92 Å². The molecule has 5 atom stereocenters. The van der Waals surface area contributed by atoms with E-state index in [1.54, 1.807) is 5.56 Å². The molecule has 2 aromatic rings. The fraction of sp³-hybridized carbons (Fsp3) is 0.417. The van der Waals surface area contributed by atoms with Crippen LogP contribution in [0.2, 0.25) is 0 Å². The van der Waals surface area contributed by atoms with Gasteiger partial charge >= 0.3 is 0 Å². The molecule has 0 nitrogen and oxygen atoms in total. The Bertz CT molecular complexity index is 741. The van der Waals surface area contributed by atoms with Crippen molar-refractivity contribution in [3.8, 4) is 0 Å². The smallest absolute Gasteiger partial charge is 0.0135 e. The maximum atomic E-state index is 2.48. The van der Waals surface area contributed by atoms with E-state index in [1.807, 2.05) is 0 Å². The first-order valence-electron chi connectivity index (χ1n) is 9.45. The molecule has 0 amide bonds. The molecule has 4 rings (SSSR count). The molecule has 5 unspecified atom stereocenters. The third-order valence-electron chi connectivity index (χ3n) is 7.17. The zero-order valence-corrected chi connectivity index (χ0v) is 15.2. The van der Waals surface area contributed by atoms with Crippen LogP contribution in [-0.4, -0.2) is 0 Å². The van der Waals surface area contributed by atoms with Crippen LogP contribution in [-0.2, 0) is 0 Å². The minimum Gasteiger partial charge on any atom is -0.0622 e. The first-order valence-corrected chi connectivity index (χ1v) is 9.45. The Morgan fingerprint density at radius 1 is 0.625 bits per heavy atom. The van der Waals surface area contributed by atoms with E-state index in [9.17, 15) is 0 Å². The maximum Gasteiger partial charge on any atom is 0.0135 e. The first-order chi connectivity index (χ1) is 11.6. The second-order valence-electron chi connectivity index (χ2n) is 8.09. The lowest BCUT2D eigenvalue weighted by molar-refractivity contribution is 0.299. The summed E-state index contributed by atoms with van der Waals surface area (Å²) in [7, 11) is 0. The number of benzene rings is 2. The standard InChI is InChI=1S/C24H28/c1-15-16(2)18(4)23(17(15)3)24-21-13-9-8-12-20(21)14-22(24)19-10-6-5-7-11-19/h5-18,23-24H,1-4H3. The van der Waals surface area contributed by atoms with Gasteiger partial charge in [0.25, 0.3) is 0 Å². The summed E-state index contributed by atoms with van der Waals surface area (Å²) in [6, 6.07) is 20.1. The topological polar surface area (TPSA) is 0 Å². The van der Waals surface area contributed by atoms with E-state index >= 15 is 0 Å². The molecule has 0 heteroatoms. The van der Waals surface area contributed by atoms with Crippen molar-refractivity contribution >= 4 is 11.6 Å². The number of fused-ring (bicyclic) bond motifs is 1. The minimum atomic E-state index is 0.543. The molecular formula is C24H28. The van der Waals surface area contributed by atoms with Crippen LogP contribution in [0.4, 0.5) is 0 Å². The summed E-state index contributed by atoms with van der Waals surface area (Å²) in [4.78, 5) is 0. The van der Waals surface area contributed by atoms with Crippen LogP contribution in [0.5, 0.6) is 0 Å². The molecule has 24 heavy (non-hydrogen) atoms. The van der Waals surface area contributed by atoms with Crippen LogP contribution >= 0.6 is 0 Å². The molecule has 0 aliphatic heterocycles. The van der Waals surface area contributed by atoms with Gasteiger partial charge in [0.1, 0.15) is 0 Å². The molecule has 2 aromatic carbocycles. The van der Waals surface area contributed by atoms with Crippen molar-refractivity contribution in [2.45, 2.75) is 33.6 Å². The van der Waals surface area contributed by atoms with Gasteiger partial charge in [0.05, 0.1) is 0 Å². The summed E-state index contributed by atoms with van der Waals surface area (Å²) >= 11 is 0. The lowest BCUT2D eigenvalue weighted by Gasteiger charge is -2.31. The van der Waals surface area contributed by atoms with E-state index in [4.69, 9.17) is 0 Å². The molecule has 2 aliphatic rings. The molecule has 0 N–H and O–H groups in total. The summed E-state index contributed by atoms with van der Waals surface area (Å²) in [6.45, 7) is 9.88. The highest BCUT2D eigenvalue weighted by Crippen LogP contribution is 2.57. The molecule has 0 aromatic heterocycles. The summed E-state index contributed by atoms with van der Waals surface area (Å²) < 4.78 is 0. The zero-order chi connectivity index (χ0) is 16.8. The number of rotatable bonds is 2. The van der Waals surface area contributed by atoms with Crippen molar-refractivity contribution < 1.29 is 0 Å². The first kappa shape index (κ1) is 15.7. The average Bonchev–Trinajstić information content (AvgIpc) is 3.08.